The lowest BCUT2D eigenvalue weighted by molar-refractivity contribution is -0.190. The van der Waals surface area contributed by atoms with Crippen molar-refractivity contribution in [1.29, 1.82) is 0 Å². The molecule has 0 radical (unpaired) electrons. The molecule has 0 N–H and O–H groups in total. The summed E-state index contributed by atoms with van der Waals surface area (Å²) in [5, 5.41) is 0. The third-order valence-electron chi connectivity index (χ3n) is 5.17. The van der Waals surface area contributed by atoms with Gasteiger partial charge in [0.1, 0.15) is 36.9 Å². The lowest BCUT2D eigenvalue weighted by Gasteiger charge is -2.29. The van der Waals surface area contributed by atoms with Crippen LogP contribution in [0, 0.1) is 11.8 Å². The predicted octanol–water partition coefficient (Wildman–Crippen LogP) is -1.13. The maximum Gasteiger partial charge on any atom is 0.344 e. The second-order valence-corrected chi connectivity index (χ2v) is 7.25. The molecule has 6 unspecified atom stereocenters. The first-order valence-electron chi connectivity index (χ1n) is 9.11. The first-order valence-corrected chi connectivity index (χ1v) is 9.11. The molecule has 0 aliphatic carbocycles. The zero-order valence-corrected chi connectivity index (χ0v) is 15.6. The summed E-state index contributed by atoms with van der Waals surface area (Å²) in [5.74, 6) is -4.68. The Bertz CT molecular complexity index is 740. The highest BCUT2D eigenvalue weighted by molar-refractivity contribution is 5.89. The van der Waals surface area contributed by atoms with Gasteiger partial charge < -0.3 is 33.2 Å². The molecule has 4 saturated heterocycles. The molecular formula is C18H20O11. The Morgan fingerprint density at radius 2 is 1.83 bits per heavy atom. The molecule has 158 valence electrons. The molecule has 2 bridgehead atoms. The van der Waals surface area contributed by atoms with E-state index in [1.807, 2.05) is 0 Å². The fourth-order valence-electron chi connectivity index (χ4n) is 3.95. The van der Waals surface area contributed by atoms with E-state index in [-0.39, 0.29) is 25.6 Å². The lowest BCUT2D eigenvalue weighted by Crippen LogP contribution is -2.49. The fraction of sp³-hybridized carbons (Fsp3) is 0.667. The minimum atomic E-state index is -1.00. The molecule has 4 aliphatic heterocycles. The van der Waals surface area contributed by atoms with E-state index in [2.05, 4.69) is 6.58 Å². The van der Waals surface area contributed by atoms with Crippen molar-refractivity contribution in [2.24, 2.45) is 11.8 Å². The smallest absolute Gasteiger partial charge is 0.344 e. The van der Waals surface area contributed by atoms with E-state index in [1.54, 1.807) is 0 Å². The van der Waals surface area contributed by atoms with Gasteiger partial charge in [0.05, 0.1) is 13.2 Å². The van der Waals surface area contributed by atoms with Crippen molar-refractivity contribution >= 4 is 23.9 Å². The Kier molecular flexibility index (Phi) is 5.28. The van der Waals surface area contributed by atoms with Crippen LogP contribution in [0.25, 0.3) is 0 Å². The summed E-state index contributed by atoms with van der Waals surface area (Å²) in [6, 6.07) is 0. The van der Waals surface area contributed by atoms with Crippen LogP contribution in [0.1, 0.15) is 6.92 Å². The molecule has 0 aromatic rings. The highest BCUT2D eigenvalue weighted by Crippen LogP contribution is 2.51. The van der Waals surface area contributed by atoms with Crippen LogP contribution < -0.4 is 0 Å². The molecule has 6 atom stereocenters. The zero-order chi connectivity index (χ0) is 20.7. The summed E-state index contributed by atoms with van der Waals surface area (Å²) in [4.78, 5) is 48.4. The van der Waals surface area contributed by atoms with Gasteiger partial charge in [0.25, 0.3) is 0 Å². The van der Waals surface area contributed by atoms with E-state index >= 15 is 0 Å². The van der Waals surface area contributed by atoms with Crippen LogP contribution in [0.3, 0.4) is 0 Å². The Morgan fingerprint density at radius 3 is 2.52 bits per heavy atom. The van der Waals surface area contributed by atoms with Crippen LogP contribution in [0.2, 0.25) is 0 Å². The lowest BCUT2D eigenvalue weighted by atomic mass is 9.78. The summed E-state index contributed by atoms with van der Waals surface area (Å²) in [5.41, 5.74) is 0.132. The number of ether oxygens (including phenoxy) is 7. The molecule has 0 aromatic heterocycles. The molecule has 4 rings (SSSR count). The van der Waals surface area contributed by atoms with Crippen molar-refractivity contribution in [3.8, 4) is 0 Å². The monoisotopic (exact) mass is 412 g/mol. The predicted molar refractivity (Wildman–Crippen MR) is 87.8 cm³/mol. The molecule has 4 heterocycles. The normalized spacial score (nSPS) is 35.1. The summed E-state index contributed by atoms with van der Waals surface area (Å²) < 4.78 is 36.6. The molecule has 0 amide bonds. The van der Waals surface area contributed by atoms with Gasteiger partial charge in [-0.15, -0.1) is 0 Å². The van der Waals surface area contributed by atoms with Gasteiger partial charge in [0, 0.05) is 5.57 Å². The van der Waals surface area contributed by atoms with Gasteiger partial charge in [-0.1, -0.05) is 6.58 Å². The molecule has 0 saturated carbocycles. The van der Waals surface area contributed by atoms with Crippen LogP contribution in [-0.2, 0) is 52.3 Å². The summed E-state index contributed by atoms with van der Waals surface area (Å²) in [6.45, 7) is 4.68. The highest BCUT2D eigenvalue weighted by Gasteiger charge is 2.72. The molecule has 4 aliphatic rings. The molecule has 4 fully saturated rings. The van der Waals surface area contributed by atoms with Crippen molar-refractivity contribution in [2.45, 2.75) is 37.4 Å². The average Bonchev–Trinajstić information content (AvgIpc) is 3.30. The van der Waals surface area contributed by atoms with E-state index in [4.69, 9.17) is 33.2 Å². The Hall–Kier alpha value is -2.50. The Labute approximate surface area is 165 Å². The van der Waals surface area contributed by atoms with E-state index in [0.717, 1.165) is 0 Å². The van der Waals surface area contributed by atoms with Gasteiger partial charge in [-0.3, -0.25) is 9.59 Å². The quantitative estimate of drug-likeness (QED) is 0.298. The fourth-order valence-corrected chi connectivity index (χ4v) is 3.95. The number of fused-ring (bicyclic) bond motifs is 1. The van der Waals surface area contributed by atoms with Gasteiger partial charge >= 0.3 is 23.9 Å². The minimum Gasteiger partial charge on any atom is -0.457 e. The number of hydrogen-bond acceptors (Lipinski definition) is 11. The molecule has 0 spiro atoms. The van der Waals surface area contributed by atoms with Crippen molar-refractivity contribution in [1.82, 2.24) is 0 Å². The van der Waals surface area contributed by atoms with Crippen molar-refractivity contribution in [3.63, 3.8) is 0 Å². The van der Waals surface area contributed by atoms with Gasteiger partial charge in [-0.05, 0) is 6.92 Å². The summed E-state index contributed by atoms with van der Waals surface area (Å²) in [7, 11) is 0. The minimum absolute atomic E-state index is 0.121. The first-order chi connectivity index (χ1) is 13.9. The number of carbonyl (C=O) groups excluding carboxylic acids is 4. The largest absolute Gasteiger partial charge is 0.457 e. The molecule has 11 heteroatoms. The first kappa shape index (κ1) is 19.8. The van der Waals surface area contributed by atoms with Crippen LogP contribution >= 0.6 is 0 Å². The van der Waals surface area contributed by atoms with E-state index in [9.17, 15) is 19.2 Å². The van der Waals surface area contributed by atoms with Gasteiger partial charge in [-0.25, -0.2) is 9.59 Å². The average molecular weight is 412 g/mol. The van der Waals surface area contributed by atoms with Crippen molar-refractivity contribution in [3.05, 3.63) is 12.2 Å². The Balaban J connectivity index is 1.41. The van der Waals surface area contributed by atoms with Gasteiger partial charge in [0.15, 0.2) is 18.8 Å². The molecular weight excluding hydrogens is 392 g/mol. The van der Waals surface area contributed by atoms with Crippen molar-refractivity contribution < 1.29 is 52.3 Å². The molecule has 11 nitrogen and oxygen atoms in total. The number of hydrogen-bond donors (Lipinski definition) is 0. The standard InChI is InChI=1S/C18H20O11/c1-7(2)16(20)25-5-9(19)27-14-12-10(11-13(28-12)15(14)29-18(11)22)17(21)26-8-3-23-6-24-4-8/h8,10-15H,1,3-6H2,2H3. The van der Waals surface area contributed by atoms with Crippen LogP contribution in [0.4, 0.5) is 0 Å². The second-order valence-electron chi connectivity index (χ2n) is 7.25. The third-order valence-corrected chi connectivity index (χ3v) is 5.17. The van der Waals surface area contributed by atoms with Crippen LogP contribution in [0.15, 0.2) is 12.2 Å². The van der Waals surface area contributed by atoms with E-state index in [0.29, 0.717) is 0 Å². The van der Waals surface area contributed by atoms with E-state index in [1.165, 1.54) is 6.92 Å². The van der Waals surface area contributed by atoms with Gasteiger partial charge in [-0.2, -0.15) is 0 Å². The topological polar surface area (TPSA) is 133 Å². The number of rotatable bonds is 6. The maximum absolute atomic E-state index is 12.7. The van der Waals surface area contributed by atoms with Crippen LogP contribution in [-0.4, -0.2) is 81.0 Å². The third kappa shape index (κ3) is 3.61. The molecule has 0 aromatic carbocycles. The van der Waals surface area contributed by atoms with E-state index < -0.39 is 72.8 Å². The number of esters is 4. The Morgan fingerprint density at radius 1 is 1.10 bits per heavy atom. The van der Waals surface area contributed by atoms with Crippen LogP contribution in [0.5, 0.6) is 0 Å². The zero-order valence-electron chi connectivity index (χ0n) is 15.6. The number of carbonyl (C=O) groups is 4. The molecule has 29 heavy (non-hydrogen) atoms. The van der Waals surface area contributed by atoms with Gasteiger partial charge in [0.2, 0.25) is 0 Å². The highest BCUT2D eigenvalue weighted by atomic mass is 16.7. The summed E-state index contributed by atoms with van der Waals surface area (Å²) >= 11 is 0. The summed E-state index contributed by atoms with van der Waals surface area (Å²) in [6.07, 6.45) is -4.04. The SMILES string of the molecule is C=C(C)C(=O)OCC(=O)OC1C2OC(=O)C3C2OC1C3C(=O)OC1COCOC1. The second kappa shape index (κ2) is 7.73. The van der Waals surface area contributed by atoms with Crippen molar-refractivity contribution in [2.75, 3.05) is 26.6 Å². The maximum atomic E-state index is 12.7.